The lowest BCUT2D eigenvalue weighted by Crippen LogP contribution is -2.15. The molecule has 3 aromatic rings. The zero-order chi connectivity index (χ0) is 22.4. The van der Waals surface area contributed by atoms with Crippen LogP contribution in [0.15, 0.2) is 47.6 Å². The number of thioether (sulfide) groups is 1. The summed E-state index contributed by atoms with van der Waals surface area (Å²) in [4.78, 5) is 12.3. The molecule has 0 saturated heterocycles. The van der Waals surface area contributed by atoms with E-state index in [0.29, 0.717) is 44.8 Å². The van der Waals surface area contributed by atoms with Gasteiger partial charge in [-0.3, -0.25) is 4.79 Å². The first-order valence-corrected chi connectivity index (χ1v) is 11.3. The predicted octanol–water partition coefficient (Wildman–Crippen LogP) is 5.48. The number of nitrogens with one attached hydrogen (secondary N) is 1. The third-order valence-corrected chi connectivity index (χ3v) is 6.04. The summed E-state index contributed by atoms with van der Waals surface area (Å²) in [5.74, 6) is 1.92. The van der Waals surface area contributed by atoms with Crippen LogP contribution in [-0.2, 0) is 11.3 Å². The highest BCUT2D eigenvalue weighted by atomic mass is 35.5. The minimum Gasteiger partial charge on any atom is -0.493 e. The van der Waals surface area contributed by atoms with Crippen molar-refractivity contribution in [3.63, 3.8) is 0 Å². The van der Waals surface area contributed by atoms with Gasteiger partial charge >= 0.3 is 0 Å². The Morgan fingerprint density at radius 2 is 1.90 bits per heavy atom. The van der Waals surface area contributed by atoms with Gasteiger partial charge in [0.1, 0.15) is 0 Å². The van der Waals surface area contributed by atoms with Crippen LogP contribution < -0.4 is 14.8 Å². The van der Waals surface area contributed by atoms with Gasteiger partial charge in [0.25, 0.3) is 0 Å². The number of rotatable bonds is 9. The number of hydrogen-bond acceptors (Lipinski definition) is 6. The number of carbonyl (C=O) groups is 1. The molecule has 0 saturated carbocycles. The molecule has 1 heterocycles. The smallest absolute Gasteiger partial charge is 0.234 e. The molecule has 1 atom stereocenters. The molecular formula is C21H22Cl2N4O3S. The Morgan fingerprint density at radius 3 is 2.58 bits per heavy atom. The Bertz CT molecular complexity index is 1060. The van der Waals surface area contributed by atoms with Crippen molar-refractivity contribution in [1.82, 2.24) is 14.8 Å². The van der Waals surface area contributed by atoms with Crippen molar-refractivity contribution in [2.24, 2.45) is 0 Å². The van der Waals surface area contributed by atoms with E-state index in [-0.39, 0.29) is 17.8 Å². The number of halogens is 2. The molecule has 164 valence electrons. The normalized spacial score (nSPS) is 11.8. The molecule has 10 heteroatoms. The lowest BCUT2D eigenvalue weighted by Gasteiger charge is -2.17. The van der Waals surface area contributed by atoms with Crippen molar-refractivity contribution in [3.8, 4) is 11.5 Å². The fourth-order valence-electron chi connectivity index (χ4n) is 2.87. The SMILES string of the molecule is CCn1c(SCC(=O)Nc2ccc(Cl)c(Cl)c2)nnc1C(C)Oc1ccccc1OC. The Hall–Kier alpha value is -2.42. The van der Waals surface area contributed by atoms with Crippen molar-refractivity contribution < 1.29 is 14.3 Å². The van der Waals surface area contributed by atoms with Crippen molar-refractivity contribution in [2.45, 2.75) is 31.7 Å². The summed E-state index contributed by atoms with van der Waals surface area (Å²) in [6.45, 7) is 4.52. The van der Waals surface area contributed by atoms with Crippen molar-refractivity contribution in [2.75, 3.05) is 18.2 Å². The van der Waals surface area contributed by atoms with Crippen LogP contribution in [-0.4, -0.2) is 33.5 Å². The fourth-order valence-corrected chi connectivity index (χ4v) is 3.97. The van der Waals surface area contributed by atoms with Crippen molar-refractivity contribution in [1.29, 1.82) is 0 Å². The molecular weight excluding hydrogens is 459 g/mol. The van der Waals surface area contributed by atoms with E-state index < -0.39 is 0 Å². The largest absolute Gasteiger partial charge is 0.493 e. The molecule has 1 unspecified atom stereocenters. The maximum atomic E-state index is 12.3. The van der Waals surface area contributed by atoms with E-state index in [1.807, 2.05) is 42.7 Å². The van der Waals surface area contributed by atoms with Crippen molar-refractivity contribution >= 4 is 46.6 Å². The summed E-state index contributed by atoms with van der Waals surface area (Å²) < 4.78 is 13.3. The van der Waals surface area contributed by atoms with Gasteiger partial charge in [0.05, 0.1) is 22.9 Å². The highest BCUT2D eigenvalue weighted by Crippen LogP contribution is 2.31. The van der Waals surface area contributed by atoms with E-state index in [9.17, 15) is 4.79 Å². The fraction of sp³-hybridized carbons (Fsp3) is 0.286. The van der Waals surface area contributed by atoms with E-state index in [1.165, 1.54) is 11.8 Å². The summed E-state index contributed by atoms with van der Waals surface area (Å²) in [6.07, 6.45) is -0.358. The minimum atomic E-state index is -0.358. The maximum absolute atomic E-state index is 12.3. The highest BCUT2D eigenvalue weighted by Gasteiger charge is 2.20. The van der Waals surface area contributed by atoms with E-state index in [4.69, 9.17) is 32.7 Å². The van der Waals surface area contributed by atoms with Crippen LogP contribution in [0, 0.1) is 0 Å². The first-order chi connectivity index (χ1) is 14.9. The lowest BCUT2D eigenvalue weighted by molar-refractivity contribution is -0.113. The number of anilines is 1. The van der Waals surface area contributed by atoms with Crippen LogP contribution in [0.5, 0.6) is 11.5 Å². The first kappa shape index (κ1) is 23.2. The van der Waals surface area contributed by atoms with Crippen LogP contribution in [0.3, 0.4) is 0 Å². The zero-order valence-electron chi connectivity index (χ0n) is 17.3. The molecule has 0 aliphatic rings. The average molecular weight is 481 g/mol. The minimum absolute atomic E-state index is 0.167. The molecule has 7 nitrogen and oxygen atoms in total. The third kappa shape index (κ3) is 5.84. The molecule has 1 N–H and O–H groups in total. The summed E-state index contributed by atoms with van der Waals surface area (Å²) in [6, 6.07) is 12.4. The van der Waals surface area contributed by atoms with Gasteiger partial charge in [-0.05, 0) is 44.2 Å². The number of para-hydroxylation sites is 2. The summed E-state index contributed by atoms with van der Waals surface area (Å²) in [7, 11) is 1.60. The molecule has 0 bridgehead atoms. The number of carbonyl (C=O) groups excluding carboxylic acids is 1. The van der Waals surface area contributed by atoms with Gasteiger partial charge in [-0.2, -0.15) is 0 Å². The highest BCUT2D eigenvalue weighted by molar-refractivity contribution is 7.99. The molecule has 0 fully saturated rings. The zero-order valence-corrected chi connectivity index (χ0v) is 19.6. The van der Waals surface area contributed by atoms with Crippen LogP contribution >= 0.6 is 35.0 Å². The average Bonchev–Trinajstić information content (AvgIpc) is 3.18. The monoisotopic (exact) mass is 480 g/mol. The van der Waals surface area contributed by atoms with E-state index >= 15 is 0 Å². The molecule has 1 amide bonds. The number of hydrogen-bond donors (Lipinski definition) is 1. The number of nitrogens with zero attached hydrogens (tertiary/aromatic N) is 3. The van der Waals surface area contributed by atoms with E-state index in [1.54, 1.807) is 25.3 Å². The van der Waals surface area contributed by atoms with Crippen LogP contribution in [0.25, 0.3) is 0 Å². The molecule has 0 spiro atoms. The van der Waals surface area contributed by atoms with Gasteiger partial charge in [-0.1, -0.05) is 47.1 Å². The molecule has 0 radical (unpaired) electrons. The number of methoxy groups -OCH3 is 1. The molecule has 1 aromatic heterocycles. The molecule has 2 aromatic carbocycles. The topological polar surface area (TPSA) is 78.3 Å². The molecule has 31 heavy (non-hydrogen) atoms. The number of ether oxygens (including phenoxy) is 2. The van der Waals surface area contributed by atoms with Gasteiger partial charge in [0, 0.05) is 12.2 Å². The van der Waals surface area contributed by atoms with Crippen molar-refractivity contribution in [3.05, 3.63) is 58.3 Å². The Labute approximate surface area is 195 Å². The molecule has 0 aliphatic carbocycles. The van der Waals surface area contributed by atoms with Crippen LogP contribution in [0.2, 0.25) is 10.0 Å². The van der Waals surface area contributed by atoms with Gasteiger partial charge in [-0.25, -0.2) is 0 Å². The van der Waals surface area contributed by atoms with E-state index in [0.717, 1.165) is 0 Å². The van der Waals surface area contributed by atoms with Gasteiger partial charge in [0.2, 0.25) is 5.91 Å². The Balaban J connectivity index is 1.65. The maximum Gasteiger partial charge on any atom is 0.234 e. The number of aromatic nitrogens is 3. The van der Waals surface area contributed by atoms with Gasteiger partial charge < -0.3 is 19.4 Å². The number of amides is 1. The number of benzene rings is 2. The third-order valence-electron chi connectivity index (χ3n) is 4.33. The molecule has 0 aliphatic heterocycles. The van der Waals surface area contributed by atoms with Gasteiger partial charge in [-0.15, -0.1) is 10.2 Å². The quantitative estimate of drug-likeness (QED) is 0.408. The van der Waals surface area contributed by atoms with Crippen LogP contribution in [0.4, 0.5) is 5.69 Å². The lowest BCUT2D eigenvalue weighted by atomic mass is 10.3. The summed E-state index contributed by atoms with van der Waals surface area (Å²) in [5, 5.41) is 12.8. The van der Waals surface area contributed by atoms with Crippen LogP contribution in [0.1, 0.15) is 25.8 Å². The second kappa shape index (κ2) is 10.7. The second-order valence-electron chi connectivity index (χ2n) is 6.46. The summed E-state index contributed by atoms with van der Waals surface area (Å²) in [5.41, 5.74) is 0.580. The predicted molar refractivity (Wildman–Crippen MR) is 124 cm³/mol. The Kier molecular flexibility index (Phi) is 8.06. The Morgan fingerprint density at radius 1 is 1.16 bits per heavy atom. The summed E-state index contributed by atoms with van der Waals surface area (Å²) >= 11 is 13.2. The first-order valence-electron chi connectivity index (χ1n) is 9.53. The van der Waals surface area contributed by atoms with Gasteiger partial charge in [0.15, 0.2) is 28.6 Å². The standard InChI is InChI=1S/C21H22Cl2N4O3S/c1-4-27-20(13(2)30-18-8-6-5-7-17(18)29-3)25-26-21(27)31-12-19(28)24-14-9-10-15(22)16(23)11-14/h5-11,13H,4,12H2,1-3H3,(H,24,28). The molecule has 3 rings (SSSR count). The second-order valence-corrected chi connectivity index (χ2v) is 8.22. The van der Waals surface area contributed by atoms with E-state index in [2.05, 4.69) is 15.5 Å².